The van der Waals surface area contributed by atoms with Crippen LogP contribution in [0.25, 0.3) is 11.0 Å². The van der Waals surface area contributed by atoms with Crippen molar-refractivity contribution >= 4 is 28.5 Å². The second kappa shape index (κ2) is 5.33. The molecule has 0 saturated carbocycles. The SMILES string of the molecule is Cc1nc2ccc(C(=O)Nc3ccccc3C(N)=O)cc2[nH]1. The fourth-order valence-corrected chi connectivity index (χ4v) is 2.28. The number of amides is 2. The molecule has 2 amide bonds. The van der Waals surface area contributed by atoms with Crippen LogP contribution in [-0.2, 0) is 0 Å². The second-order valence-corrected chi connectivity index (χ2v) is 4.92. The Labute approximate surface area is 126 Å². The minimum absolute atomic E-state index is 0.273. The van der Waals surface area contributed by atoms with Gasteiger partial charge in [0.25, 0.3) is 11.8 Å². The summed E-state index contributed by atoms with van der Waals surface area (Å²) < 4.78 is 0. The Balaban J connectivity index is 1.91. The number of primary amides is 1. The molecule has 4 N–H and O–H groups in total. The van der Waals surface area contributed by atoms with Crippen LogP contribution in [0.5, 0.6) is 0 Å². The van der Waals surface area contributed by atoms with Crippen molar-refractivity contribution in [3.63, 3.8) is 0 Å². The Morgan fingerprint density at radius 2 is 1.95 bits per heavy atom. The van der Waals surface area contributed by atoms with E-state index in [1.807, 2.05) is 6.92 Å². The third-order valence-electron chi connectivity index (χ3n) is 3.30. The predicted octanol–water partition coefficient (Wildman–Crippen LogP) is 2.22. The Bertz CT molecular complexity index is 883. The standard InChI is InChI=1S/C16H14N4O2/c1-9-18-13-7-6-10(8-14(13)19-9)16(22)20-12-5-3-2-4-11(12)15(17)21/h2-8H,1H3,(H2,17,21)(H,18,19)(H,20,22). The van der Waals surface area contributed by atoms with Crippen molar-refractivity contribution in [2.45, 2.75) is 6.92 Å². The molecule has 22 heavy (non-hydrogen) atoms. The zero-order valence-electron chi connectivity index (χ0n) is 11.9. The van der Waals surface area contributed by atoms with Gasteiger partial charge in [0.15, 0.2) is 0 Å². The number of hydrogen-bond acceptors (Lipinski definition) is 3. The lowest BCUT2D eigenvalue weighted by molar-refractivity contribution is 0.100. The molecule has 1 aromatic heterocycles. The number of aromatic amines is 1. The van der Waals surface area contributed by atoms with E-state index < -0.39 is 5.91 Å². The van der Waals surface area contributed by atoms with Gasteiger partial charge in [-0.2, -0.15) is 0 Å². The lowest BCUT2D eigenvalue weighted by Gasteiger charge is -2.08. The highest BCUT2D eigenvalue weighted by molar-refractivity contribution is 6.09. The fourth-order valence-electron chi connectivity index (χ4n) is 2.28. The first-order valence-electron chi connectivity index (χ1n) is 6.71. The van der Waals surface area contributed by atoms with Crippen LogP contribution in [0, 0.1) is 6.92 Å². The summed E-state index contributed by atoms with van der Waals surface area (Å²) in [5.74, 6) is -0.120. The molecule has 0 aliphatic heterocycles. The topological polar surface area (TPSA) is 101 Å². The zero-order valence-corrected chi connectivity index (χ0v) is 11.9. The quantitative estimate of drug-likeness (QED) is 0.690. The van der Waals surface area contributed by atoms with Crippen molar-refractivity contribution in [1.29, 1.82) is 0 Å². The molecular formula is C16H14N4O2. The van der Waals surface area contributed by atoms with Gasteiger partial charge in [0.2, 0.25) is 0 Å². The molecular weight excluding hydrogens is 280 g/mol. The molecule has 6 nitrogen and oxygen atoms in total. The second-order valence-electron chi connectivity index (χ2n) is 4.92. The molecule has 6 heteroatoms. The van der Waals surface area contributed by atoms with Gasteiger partial charge in [-0.15, -0.1) is 0 Å². The Morgan fingerprint density at radius 1 is 1.18 bits per heavy atom. The highest BCUT2D eigenvalue weighted by Gasteiger charge is 2.12. The summed E-state index contributed by atoms with van der Waals surface area (Å²) in [6.45, 7) is 1.85. The summed E-state index contributed by atoms with van der Waals surface area (Å²) in [6, 6.07) is 11.8. The number of benzene rings is 2. The molecule has 0 aliphatic rings. The van der Waals surface area contributed by atoms with E-state index in [1.165, 1.54) is 0 Å². The van der Waals surface area contributed by atoms with E-state index in [0.717, 1.165) is 16.9 Å². The number of nitrogens with zero attached hydrogens (tertiary/aromatic N) is 1. The van der Waals surface area contributed by atoms with E-state index >= 15 is 0 Å². The van der Waals surface area contributed by atoms with Crippen molar-refractivity contribution in [3.05, 3.63) is 59.4 Å². The largest absolute Gasteiger partial charge is 0.366 e. The summed E-state index contributed by atoms with van der Waals surface area (Å²) in [5, 5.41) is 2.71. The number of anilines is 1. The molecule has 110 valence electrons. The van der Waals surface area contributed by atoms with Crippen molar-refractivity contribution in [2.24, 2.45) is 5.73 Å². The fraction of sp³-hybridized carbons (Fsp3) is 0.0625. The monoisotopic (exact) mass is 294 g/mol. The minimum atomic E-state index is -0.587. The maximum Gasteiger partial charge on any atom is 0.255 e. The van der Waals surface area contributed by atoms with E-state index in [-0.39, 0.29) is 11.5 Å². The average Bonchev–Trinajstić information content (AvgIpc) is 2.86. The van der Waals surface area contributed by atoms with Crippen LogP contribution >= 0.6 is 0 Å². The van der Waals surface area contributed by atoms with Crippen LogP contribution in [0.1, 0.15) is 26.5 Å². The van der Waals surface area contributed by atoms with Crippen LogP contribution in [0.2, 0.25) is 0 Å². The van der Waals surface area contributed by atoms with Crippen LogP contribution in [0.15, 0.2) is 42.5 Å². The van der Waals surface area contributed by atoms with Gasteiger partial charge < -0.3 is 16.0 Å². The van der Waals surface area contributed by atoms with E-state index in [1.54, 1.807) is 42.5 Å². The molecule has 3 aromatic rings. The van der Waals surface area contributed by atoms with Crippen LogP contribution in [0.3, 0.4) is 0 Å². The average molecular weight is 294 g/mol. The Morgan fingerprint density at radius 3 is 2.73 bits per heavy atom. The number of carbonyl (C=O) groups is 2. The van der Waals surface area contributed by atoms with Gasteiger partial charge in [-0.3, -0.25) is 9.59 Å². The van der Waals surface area contributed by atoms with Gasteiger partial charge >= 0.3 is 0 Å². The summed E-state index contributed by atoms with van der Waals surface area (Å²) in [7, 11) is 0. The number of fused-ring (bicyclic) bond motifs is 1. The molecule has 0 spiro atoms. The molecule has 0 bridgehead atoms. The zero-order chi connectivity index (χ0) is 15.7. The van der Waals surface area contributed by atoms with Gasteiger partial charge in [-0.1, -0.05) is 12.1 Å². The molecule has 0 fully saturated rings. The van der Waals surface area contributed by atoms with Crippen LogP contribution in [0.4, 0.5) is 5.69 Å². The number of para-hydroxylation sites is 1. The Kier molecular flexibility index (Phi) is 3.34. The van der Waals surface area contributed by atoms with Gasteiger partial charge in [0.05, 0.1) is 22.3 Å². The number of nitrogens with one attached hydrogen (secondary N) is 2. The minimum Gasteiger partial charge on any atom is -0.366 e. The highest BCUT2D eigenvalue weighted by atomic mass is 16.2. The number of carbonyl (C=O) groups excluding carboxylic acids is 2. The summed E-state index contributed by atoms with van der Waals surface area (Å²) >= 11 is 0. The van der Waals surface area contributed by atoms with Crippen molar-refractivity contribution < 1.29 is 9.59 Å². The predicted molar refractivity (Wildman–Crippen MR) is 83.7 cm³/mol. The number of H-pyrrole nitrogens is 1. The summed E-state index contributed by atoms with van der Waals surface area (Å²) in [4.78, 5) is 31.1. The number of hydrogen-bond donors (Lipinski definition) is 3. The molecule has 0 atom stereocenters. The maximum absolute atomic E-state index is 12.3. The maximum atomic E-state index is 12.3. The molecule has 0 saturated heterocycles. The number of nitrogens with two attached hydrogens (primary N) is 1. The summed E-state index contributed by atoms with van der Waals surface area (Å²) in [5.41, 5.74) is 8.02. The van der Waals surface area contributed by atoms with Crippen molar-refractivity contribution in [1.82, 2.24) is 9.97 Å². The molecule has 3 rings (SSSR count). The number of aryl methyl sites for hydroxylation is 1. The molecule has 2 aromatic carbocycles. The first kappa shape index (κ1) is 13.8. The smallest absolute Gasteiger partial charge is 0.255 e. The van der Waals surface area contributed by atoms with Gasteiger partial charge in [-0.05, 0) is 37.3 Å². The Hall–Kier alpha value is -3.15. The molecule has 0 radical (unpaired) electrons. The van der Waals surface area contributed by atoms with E-state index in [9.17, 15) is 9.59 Å². The van der Waals surface area contributed by atoms with Gasteiger partial charge in [0, 0.05) is 5.56 Å². The highest BCUT2D eigenvalue weighted by Crippen LogP contribution is 2.18. The first-order valence-corrected chi connectivity index (χ1v) is 6.71. The van der Waals surface area contributed by atoms with Crippen molar-refractivity contribution in [3.8, 4) is 0 Å². The third-order valence-corrected chi connectivity index (χ3v) is 3.30. The third kappa shape index (κ3) is 2.54. The number of imidazole rings is 1. The first-order chi connectivity index (χ1) is 10.5. The molecule has 0 unspecified atom stereocenters. The molecule has 0 aliphatic carbocycles. The van der Waals surface area contributed by atoms with Crippen LogP contribution in [-0.4, -0.2) is 21.8 Å². The van der Waals surface area contributed by atoms with E-state index in [0.29, 0.717) is 11.3 Å². The lowest BCUT2D eigenvalue weighted by Crippen LogP contribution is -2.18. The normalized spacial score (nSPS) is 10.6. The van der Waals surface area contributed by atoms with Crippen LogP contribution < -0.4 is 11.1 Å². The van der Waals surface area contributed by atoms with E-state index in [4.69, 9.17) is 5.73 Å². The lowest BCUT2D eigenvalue weighted by atomic mass is 10.1. The number of rotatable bonds is 3. The summed E-state index contributed by atoms with van der Waals surface area (Å²) in [6.07, 6.45) is 0. The number of aromatic nitrogens is 2. The van der Waals surface area contributed by atoms with Gasteiger partial charge in [-0.25, -0.2) is 4.98 Å². The van der Waals surface area contributed by atoms with E-state index in [2.05, 4.69) is 15.3 Å². The van der Waals surface area contributed by atoms with Gasteiger partial charge in [0.1, 0.15) is 5.82 Å². The van der Waals surface area contributed by atoms with Crippen molar-refractivity contribution in [2.75, 3.05) is 5.32 Å². The molecule has 1 heterocycles.